The zero-order valence-corrected chi connectivity index (χ0v) is 40.7. The number of phenols is 2. The smallest absolute Gasteiger partial charge is 0.573 e. The second kappa shape index (κ2) is 39.6. The number of para-hydroxylation sites is 2. The van der Waals surface area contributed by atoms with E-state index in [1.807, 2.05) is 106 Å². The van der Waals surface area contributed by atoms with Crippen LogP contribution in [0.25, 0.3) is 10.9 Å². The van der Waals surface area contributed by atoms with Crippen molar-refractivity contribution in [3.05, 3.63) is 191 Å². The van der Waals surface area contributed by atoms with Crippen molar-refractivity contribution in [2.45, 2.75) is 69.2 Å². The van der Waals surface area contributed by atoms with Crippen molar-refractivity contribution >= 4 is 46.4 Å². The summed E-state index contributed by atoms with van der Waals surface area (Å²) in [4.78, 5) is 22.6. The number of hydrogen-bond acceptors (Lipinski definition) is 8. The fourth-order valence-electron chi connectivity index (χ4n) is 4.43. The Morgan fingerprint density at radius 1 is 0.394 bits per heavy atom. The number of aromatic carboxylic acids is 2. The van der Waals surface area contributed by atoms with E-state index in [1.54, 1.807) is 97.1 Å². The molecule has 0 atom stereocenters. The van der Waals surface area contributed by atoms with Gasteiger partial charge in [-0.05, 0) is 36.4 Å². The number of carbonyl (C=O) groups is 2. The predicted molar refractivity (Wildman–Crippen MR) is 261 cm³/mol. The van der Waals surface area contributed by atoms with Gasteiger partial charge < -0.3 is 41.5 Å². The first-order chi connectivity index (χ1) is 31.3. The number of nitrogens with zero attached hydrogens (tertiary/aromatic N) is 8. The third-order valence-electron chi connectivity index (χ3n) is 7.11. The minimum atomic E-state index is -1.10. The third-order valence-corrected chi connectivity index (χ3v) is 7.11. The van der Waals surface area contributed by atoms with E-state index in [1.165, 1.54) is 24.3 Å². The molecule has 0 bridgehead atoms. The molecule has 0 radical (unpaired) electrons. The quantitative estimate of drug-likeness (QED) is 0.0344. The molecular formula is C50H60Cu2N8O6. The molecule has 0 aromatic heterocycles. The summed E-state index contributed by atoms with van der Waals surface area (Å²) in [6.07, 6.45) is 0. The minimum Gasteiger partial charge on any atom is -0.573 e. The molecule has 16 heteroatoms. The first-order valence-electron chi connectivity index (χ1n) is 21.0. The summed E-state index contributed by atoms with van der Waals surface area (Å²) < 4.78 is 0. The van der Waals surface area contributed by atoms with Crippen LogP contribution in [0.15, 0.2) is 188 Å². The van der Waals surface area contributed by atoms with Crippen molar-refractivity contribution < 1.29 is 64.2 Å². The Bertz CT molecular complexity index is 2180. The first kappa shape index (κ1) is 63.3. The number of benzene rings is 6. The summed E-state index contributed by atoms with van der Waals surface area (Å²) in [5.41, 5.74) is 10.4. The van der Waals surface area contributed by atoms with Gasteiger partial charge in [0.15, 0.2) is 11.7 Å². The van der Waals surface area contributed by atoms with E-state index in [4.69, 9.17) is 0 Å². The van der Waals surface area contributed by atoms with Crippen LogP contribution in [0.4, 0.5) is 22.7 Å². The van der Waals surface area contributed by atoms with Gasteiger partial charge in [0.1, 0.15) is 22.9 Å². The van der Waals surface area contributed by atoms with E-state index in [0.717, 1.165) is 0 Å². The van der Waals surface area contributed by atoms with E-state index < -0.39 is 11.9 Å². The molecule has 0 aliphatic heterocycles. The van der Waals surface area contributed by atoms with Crippen molar-refractivity contribution in [3.63, 3.8) is 0 Å². The summed E-state index contributed by atoms with van der Waals surface area (Å²) in [6, 6.07) is 43.6. The van der Waals surface area contributed by atoms with Crippen LogP contribution < -0.4 is 0 Å². The van der Waals surface area contributed by atoms with Gasteiger partial charge in [0.05, 0.1) is 0 Å². The molecule has 0 saturated heterocycles. The van der Waals surface area contributed by atoms with Gasteiger partial charge in [-0.2, -0.15) is 0 Å². The van der Waals surface area contributed by atoms with Gasteiger partial charge in [-0.1, -0.05) is 191 Å². The van der Waals surface area contributed by atoms with Crippen molar-refractivity contribution in [2.24, 2.45) is 30.7 Å². The molecule has 0 fully saturated rings. The standard InChI is InChI=1S/2C20H16N4O3.5C2H6.2Cu/c2*25-18-13-7-6-12-17(18)22-24-19(14-8-2-1-3-9-14)23-21-16-11-5-4-10-15(16)20(26)27;5*1-2;;/h2*1-13H,(H3,21,22,23,24,25,26,27);5*1-2H3;;/q;;;;;;;2*+1/p-2. The monoisotopic (exact) mass is 994 g/mol. The summed E-state index contributed by atoms with van der Waals surface area (Å²) in [6.45, 7) is 20.0. The molecule has 6 aromatic rings. The van der Waals surface area contributed by atoms with Gasteiger partial charge >= 0.3 is 46.1 Å². The van der Waals surface area contributed by atoms with Crippen LogP contribution in [-0.2, 0) is 34.1 Å². The summed E-state index contributed by atoms with van der Waals surface area (Å²) >= 11 is 0. The molecule has 0 aliphatic rings. The maximum Gasteiger partial charge on any atom is 1.00 e. The largest absolute Gasteiger partial charge is 1.00 e. The number of carboxylic acids is 2. The van der Waals surface area contributed by atoms with Gasteiger partial charge in [0, 0.05) is 22.3 Å². The van der Waals surface area contributed by atoms with Crippen molar-refractivity contribution in [1.29, 1.82) is 0 Å². The molecule has 0 spiro atoms. The Balaban J connectivity index is -0.000000986. The number of rotatable bonds is 10. The molecule has 6 rings (SSSR count). The van der Waals surface area contributed by atoms with E-state index in [-0.39, 0.29) is 91.2 Å². The molecule has 0 amide bonds. The van der Waals surface area contributed by atoms with Gasteiger partial charge in [-0.25, -0.2) is 9.59 Å². The van der Waals surface area contributed by atoms with Crippen LogP contribution in [0, 0.1) is 0 Å². The molecule has 358 valence electrons. The van der Waals surface area contributed by atoms with Gasteiger partial charge in [0.2, 0.25) is 0 Å². The molecule has 6 aromatic carbocycles. The second-order valence-electron chi connectivity index (χ2n) is 10.8. The Morgan fingerprint density at radius 3 is 0.970 bits per heavy atom. The predicted octanol–water partition coefficient (Wildman–Crippen LogP) is 15.6. The fraction of sp³-hybridized carbons (Fsp3) is 0.200. The minimum absolute atomic E-state index is 0. The van der Waals surface area contributed by atoms with E-state index in [0.29, 0.717) is 11.1 Å². The maximum atomic E-state index is 11.3. The molecule has 0 saturated carbocycles. The Kier molecular flexibility index (Phi) is 38.0. The van der Waals surface area contributed by atoms with Crippen molar-refractivity contribution in [3.8, 4) is 11.5 Å². The zero-order valence-electron chi connectivity index (χ0n) is 38.8. The Morgan fingerprint density at radius 2 is 0.667 bits per heavy atom. The van der Waals surface area contributed by atoms with E-state index >= 15 is 0 Å². The molecule has 0 unspecified atom stereocenters. The first-order valence-corrected chi connectivity index (χ1v) is 21.0. The molecule has 66 heavy (non-hydrogen) atoms. The van der Waals surface area contributed by atoms with Gasteiger partial charge in [0.25, 0.3) is 0 Å². The van der Waals surface area contributed by atoms with Crippen LogP contribution in [0.3, 0.4) is 0 Å². The van der Waals surface area contributed by atoms with E-state index in [9.17, 15) is 30.0 Å². The maximum absolute atomic E-state index is 11.3. The fourth-order valence-corrected chi connectivity index (χ4v) is 4.43. The number of aromatic hydroxyl groups is 2. The molecular weight excluding hydrogens is 936 g/mol. The second-order valence-corrected chi connectivity index (χ2v) is 10.8. The average molecular weight is 996 g/mol. The van der Waals surface area contributed by atoms with Gasteiger partial charge in [-0.15, -0.1) is 31.8 Å². The third kappa shape index (κ3) is 22.6. The number of azo groups is 2. The number of phenolic OH excluding ortho intramolecular Hbond substituents is 2. The molecule has 4 N–H and O–H groups in total. The number of hydrogen-bond donors (Lipinski definition) is 4. The Labute approximate surface area is 410 Å². The molecule has 0 heterocycles. The van der Waals surface area contributed by atoms with Gasteiger partial charge in [-0.3, -0.25) is 0 Å². The summed E-state index contributed by atoms with van der Waals surface area (Å²) in [7, 11) is 0. The Hall–Kier alpha value is -6.96. The van der Waals surface area contributed by atoms with Crippen molar-refractivity contribution in [2.75, 3.05) is 0 Å². The van der Waals surface area contributed by atoms with Crippen LogP contribution in [0.1, 0.15) is 101 Å². The normalized spacial score (nSPS) is 9.85. The van der Waals surface area contributed by atoms with Crippen LogP contribution in [0.5, 0.6) is 11.5 Å². The average Bonchev–Trinajstić information content (AvgIpc) is 3.36. The van der Waals surface area contributed by atoms with Crippen LogP contribution in [-0.4, -0.2) is 44.0 Å². The summed E-state index contributed by atoms with van der Waals surface area (Å²) in [5, 5.41) is 62.5. The van der Waals surface area contributed by atoms with Crippen LogP contribution in [0.2, 0.25) is 0 Å². The topological polar surface area (TPSA) is 217 Å². The zero-order chi connectivity index (χ0) is 48.1. The van der Waals surface area contributed by atoms with Crippen molar-refractivity contribution in [1.82, 2.24) is 0 Å². The molecule has 14 nitrogen and oxygen atoms in total. The van der Waals surface area contributed by atoms with E-state index in [2.05, 4.69) is 41.5 Å². The number of carboxylic acid groups (broad SMARTS) is 2. The summed E-state index contributed by atoms with van der Waals surface area (Å²) in [5.74, 6) is -1.86. The van der Waals surface area contributed by atoms with Crippen LogP contribution >= 0.6 is 0 Å². The number of amidine groups is 2. The SMILES string of the molecule is CC.CC.CC.CC.CC.O=C(O)c1ccccc1[N-]N=C(N=Nc1ccccc1O)c1ccccc1.O=C(O)c1ccccc1[N-]N=C(N=Nc1ccccc1O)c1ccccc1.[Cu+].[Cu+]. The molecule has 0 aliphatic carbocycles.